The van der Waals surface area contributed by atoms with E-state index in [0.29, 0.717) is 0 Å². The highest BCUT2D eigenvalue weighted by Crippen LogP contribution is 2.50. The Bertz CT molecular complexity index is 1170. The van der Waals surface area contributed by atoms with Gasteiger partial charge in [0.25, 0.3) is 0 Å². The molecular formula is C41H56O2. The van der Waals surface area contributed by atoms with E-state index < -0.39 is 11.2 Å². The van der Waals surface area contributed by atoms with Crippen molar-refractivity contribution >= 4 is 0 Å². The summed E-state index contributed by atoms with van der Waals surface area (Å²) in [5.74, 6) is 14.9. The minimum absolute atomic E-state index is 0.0173. The first kappa shape index (κ1) is 33.4. The van der Waals surface area contributed by atoms with Crippen LogP contribution >= 0.6 is 0 Å². The molecule has 0 spiro atoms. The van der Waals surface area contributed by atoms with Crippen LogP contribution in [0.15, 0.2) is 48.5 Å². The zero-order chi connectivity index (χ0) is 30.9. The highest BCUT2D eigenvalue weighted by atomic mass is 16.3. The van der Waals surface area contributed by atoms with Crippen LogP contribution in [-0.2, 0) is 5.41 Å². The van der Waals surface area contributed by atoms with Crippen molar-refractivity contribution in [3.63, 3.8) is 0 Å². The van der Waals surface area contributed by atoms with E-state index in [0.717, 1.165) is 28.9 Å². The molecule has 0 bridgehead atoms. The second kappa shape index (κ2) is 15.0. The zero-order valence-corrected chi connectivity index (χ0v) is 27.6. The van der Waals surface area contributed by atoms with Gasteiger partial charge in [0.05, 0.1) is 0 Å². The maximum atomic E-state index is 10.0. The Hall–Kier alpha value is -2.52. The lowest BCUT2D eigenvalue weighted by atomic mass is 9.60. The molecule has 2 saturated carbocycles. The van der Waals surface area contributed by atoms with Crippen LogP contribution < -0.4 is 0 Å². The number of benzene rings is 2. The highest BCUT2D eigenvalue weighted by molar-refractivity contribution is 5.47. The van der Waals surface area contributed by atoms with Crippen molar-refractivity contribution in [1.82, 2.24) is 0 Å². The van der Waals surface area contributed by atoms with Gasteiger partial charge in [0.2, 0.25) is 0 Å². The van der Waals surface area contributed by atoms with E-state index in [2.05, 4.69) is 79.1 Å². The quantitative estimate of drug-likeness (QED) is 0.229. The molecule has 2 fully saturated rings. The van der Waals surface area contributed by atoms with Crippen LogP contribution in [0.25, 0.3) is 0 Å². The summed E-state index contributed by atoms with van der Waals surface area (Å²) in [7, 11) is 0. The molecule has 0 aromatic heterocycles. The zero-order valence-electron chi connectivity index (χ0n) is 27.6. The van der Waals surface area contributed by atoms with Crippen LogP contribution in [-0.4, -0.2) is 21.4 Å². The summed E-state index contributed by atoms with van der Waals surface area (Å²) >= 11 is 0. The molecule has 2 aromatic carbocycles. The number of rotatable bonds is 9. The number of hydrogen-bond acceptors (Lipinski definition) is 2. The number of aliphatic hydroxyl groups is 2. The van der Waals surface area contributed by atoms with Crippen LogP contribution in [0.1, 0.15) is 147 Å². The van der Waals surface area contributed by atoms with Gasteiger partial charge in [-0.05, 0) is 119 Å². The third kappa shape index (κ3) is 10.00. The molecule has 2 aliphatic carbocycles. The van der Waals surface area contributed by atoms with Gasteiger partial charge in [0, 0.05) is 16.5 Å². The lowest BCUT2D eigenvalue weighted by Crippen LogP contribution is -2.36. The van der Waals surface area contributed by atoms with Gasteiger partial charge < -0.3 is 10.2 Å². The fourth-order valence-electron chi connectivity index (χ4n) is 7.53. The van der Waals surface area contributed by atoms with Gasteiger partial charge in [-0.3, -0.25) is 0 Å². The molecule has 2 heteroatoms. The van der Waals surface area contributed by atoms with Crippen LogP contribution in [0.4, 0.5) is 0 Å². The summed E-state index contributed by atoms with van der Waals surface area (Å²) in [6.07, 6.45) is 19.1. The molecule has 0 atom stereocenters. The molecule has 2 aromatic rings. The topological polar surface area (TPSA) is 40.5 Å². The molecule has 0 aliphatic heterocycles. The van der Waals surface area contributed by atoms with Crippen LogP contribution in [0, 0.1) is 41.4 Å². The molecule has 0 unspecified atom stereocenters. The minimum Gasteiger partial charge on any atom is -0.378 e. The molecule has 2 aliphatic rings. The molecule has 2 N–H and O–H groups in total. The monoisotopic (exact) mass is 580 g/mol. The fourth-order valence-corrected chi connectivity index (χ4v) is 7.53. The van der Waals surface area contributed by atoms with E-state index in [1.54, 1.807) is 27.7 Å². The van der Waals surface area contributed by atoms with Gasteiger partial charge >= 0.3 is 0 Å². The van der Waals surface area contributed by atoms with E-state index in [1.807, 2.05) is 0 Å². The van der Waals surface area contributed by atoms with E-state index in [4.69, 9.17) is 0 Å². The van der Waals surface area contributed by atoms with Crippen LogP contribution in [0.3, 0.4) is 0 Å². The number of hydrogen-bond donors (Lipinski definition) is 2. The molecule has 0 amide bonds. The van der Waals surface area contributed by atoms with Gasteiger partial charge in [-0.15, -0.1) is 0 Å². The summed E-state index contributed by atoms with van der Waals surface area (Å²) in [4.78, 5) is 0. The molecule has 43 heavy (non-hydrogen) atoms. The predicted octanol–water partition coefficient (Wildman–Crippen LogP) is 9.57. The first-order chi connectivity index (χ1) is 20.5. The molecule has 0 heterocycles. The van der Waals surface area contributed by atoms with Crippen molar-refractivity contribution in [2.75, 3.05) is 0 Å². The van der Waals surface area contributed by atoms with Crippen molar-refractivity contribution in [2.24, 2.45) is 17.8 Å². The van der Waals surface area contributed by atoms with Gasteiger partial charge in [0.15, 0.2) is 0 Å². The normalized spacial score (nSPS) is 20.9. The Morgan fingerprint density at radius 2 is 1.07 bits per heavy atom. The third-order valence-electron chi connectivity index (χ3n) is 10.1. The summed E-state index contributed by atoms with van der Waals surface area (Å²) in [6, 6.07) is 17.5. The van der Waals surface area contributed by atoms with Gasteiger partial charge in [-0.2, -0.15) is 0 Å². The average Bonchev–Trinajstić information content (AvgIpc) is 2.99. The molecule has 232 valence electrons. The first-order valence-electron chi connectivity index (χ1n) is 17.2. The smallest absolute Gasteiger partial charge is 0.120 e. The Labute approximate surface area is 263 Å². The second-order valence-electron chi connectivity index (χ2n) is 14.7. The summed E-state index contributed by atoms with van der Waals surface area (Å²) in [5.41, 5.74) is 2.59. The molecular weight excluding hydrogens is 524 g/mol. The first-order valence-corrected chi connectivity index (χ1v) is 17.2. The Kier molecular flexibility index (Phi) is 11.6. The molecule has 0 radical (unpaired) electrons. The second-order valence-corrected chi connectivity index (χ2v) is 14.7. The summed E-state index contributed by atoms with van der Waals surface area (Å²) in [6.45, 7) is 9.18. The maximum absolute atomic E-state index is 10.0. The van der Waals surface area contributed by atoms with Crippen LogP contribution in [0.2, 0.25) is 0 Å². The number of unbranched alkanes of at least 4 members (excludes halogenated alkanes) is 4. The SMILES string of the molecule is CCCCCCCC1CCC(C2CCC(c3ccc(C#CC(C)(C)O)cc3)(c3ccc(C#CC(C)(C)O)cc3)CC2)CC1. The molecule has 2 nitrogen and oxygen atoms in total. The average molecular weight is 581 g/mol. The predicted molar refractivity (Wildman–Crippen MR) is 181 cm³/mol. The minimum atomic E-state index is -0.998. The van der Waals surface area contributed by atoms with Gasteiger partial charge in [-0.25, -0.2) is 0 Å². The van der Waals surface area contributed by atoms with E-state index in [9.17, 15) is 10.2 Å². The largest absolute Gasteiger partial charge is 0.378 e. The fraction of sp³-hybridized carbons (Fsp3) is 0.610. The van der Waals surface area contributed by atoms with Gasteiger partial charge in [0.1, 0.15) is 11.2 Å². The Morgan fingerprint density at radius 1 is 0.628 bits per heavy atom. The van der Waals surface area contributed by atoms with Crippen LogP contribution in [0.5, 0.6) is 0 Å². The summed E-state index contributed by atoms with van der Waals surface area (Å²) in [5, 5.41) is 20.1. The maximum Gasteiger partial charge on any atom is 0.120 e. The van der Waals surface area contributed by atoms with E-state index in [-0.39, 0.29) is 5.41 Å². The van der Waals surface area contributed by atoms with E-state index in [1.165, 1.54) is 101 Å². The summed E-state index contributed by atoms with van der Waals surface area (Å²) < 4.78 is 0. The molecule has 0 saturated heterocycles. The van der Waals surface area contributed by atoms with Gasteiger partial charge in [-0.1, -0.05) is 106 Å². The Balaban J connectivity index is 1.47. The van der Waals surface area contributed by atoms with Crippen molar-refractivity contribution < 1.29 is 10.2 Å². The standard InChI is InChI=1S/C41H56O2/c1-6-7-8-9-10-11-32-12-18-35(19-13-32)36-26-30-41(31-27-36,37-20-14-33(15-21-37)24-28-39(2,3)42)38-22-16-34(17-23-38)25-29-40(4,5)43/h14-17,20-23,32,35-36,42-43H,6-13,18-19,26-27,30-31H2,1-5H3. The van der Waals surface area contributed by atoms with Crippen molar-refractivity contribution in [2.45, 2.75) is 141 Å². The lowest BCUT2D eigenvalue weighted by molar-refractivity contribution is 0.140. The highest BCUT2D eigenvalue weighted by Gasteiger charge is 2.40. The Morgan fingerprint density at radius 3 is 1.51 bits per heavy atom. The lowest BCUT2D eigenvalue weighted by Gasteiger charge is -2.44. The van der Waals surface area contributed by atoms with Crippen molar-refractivity contribution in [3.8, 4) is 23.7 Å². The van der Waals surface area contributed by atoms with Crippen molar-refractivity contribution in [1.29, 1.82) is 0 Å². The third-order valence-corrected chi connectivity index (χ3v) is 10.1. The van der Waals surface area contributed by atoms with E-state index >= 15 is 0 Å². The molecule has 4 rings (SSSR count). The van der Waals surface area contributed by atoms with Crippen molar-refractivity contribution in [3.05, 3.63) is 70.8 Å².